The largest absolute Gasteiger partial charge is 0.497 e. The van der Waals surface area contributed by atoms with E-state index in [4.69, 9.17) is 4.74 Å². The Kier molecular flexibility index (Phi) is 6.49. The van der Waals surface area contributed by atoms with E-state index >= 15 is 0 Å². The number of nitrogens with zero attached hydrogens (tertiary/aromatic N) is 1. The van der Waals surface area contributed by atoms with Crippen LogP contribution >= 0.6 is 17.0 Å². The zero-order valence-electron chi connectivity index (χ0n) is 12.6. The van der Waals surface area contributed by atoms with Crippen molar-refractivity contribution in [2.75, 3.05) is 27.7 Å². The minimum Gasteiger partial charge on any atom is -0.497 e. The first-order valence-electron chi connectivity index (χ1n) is 7.08. The maximum Gasteiger partial charge on any atom is 0.119 e. The van der Waals surface area contributed by atoms with E-state index in [2.05, 4.69) is 19.0 Å². The molecule has 4 heteroatoms. The fraction of sp³-hybridized carbons (Fsp3) is 0.625. The van der Waals surface area contributed by atoms with Gasteiger partial charge in [-0.15, -0.1) is 17.0 Å². The van der Waals surface area contributed by atoms with Gasteiger partial charge in [0.25, 0.3) is 0 Å². The molecule has 0 amide bonds. The molecule has 114 valence electrons. The Morgan fingerprint density at radius 1 is 1.35 bits per heavy atom. The lowest BCUT2D eigenvalue weighted by molar-refractivity contribution is -0.0619. The molecule has 1 N–H and O–H groups in total. The van der Waals surface area contributed by atoms with Gasteiger partial charge in [-0.05, 0) is 44.6 Å². The molecule has 1 fully saturated rings. The first kappa shape index (κ1) is 17.5. The summed E-state index contributed by atoms with van der Waals surface area (Å²) in [7, 11) is 5.81. The summed E-state index contributed by atoms with van der Waals surface area (Å²) in [5, 5.41) is 11.2. The van der Waals surface area contributed by atoms with Crippen molar-refractivity contribution in [1.29, 1.82) is 0 Å². The quantitative estimate of drug-likeness (QED) is 0.910. The third kappa shape index (κ3) is 3.74. The summed E-state index contributed by atoms with van der Waals surface area (Å²) in [6.07, 6.45) is 4.24. The third-order valence-electron chi connectivity index (χ3n) is 4.19. The molecule has 2 unspecified atom stereocenters. The summed E-state index contributed by atoms with van der Waals surface area (Å²) in [4.78, 5) is 2.17. The minimum atomic E-state index is -0.711. The van der Waals surface area contributed by atoms with E-state index in [1.54, 1.807) is 7.11 Å². The van der Waals surface area contributed by atoms with Crippen LogP contribution in [-0.2, 0) is 5.60 Å². The number of aliphatic hydroxyl groups is 1. The predicted molar refractivity (Wildman–Crippen MR) is 87.7 cm³/mol. The van der Waals surface area contributed by atoms with Gasteiger partial charge in [-0.3, -0.25) is 0 Å². The van der Waals surface area contributed by atoms with Crippen LogP contribution in [0.25, 0.3) is 0 Å². The number of benzene rings is 1. The van der Waals surface area contributed by atoms with E-state index in [1.807, 2.05) is 24.3 Å². The molecule has 1 aromatic carbocycles. The maximum atomic E-state index is 11.2. The Morgan fingerprint density at radius 3 is 2.75 bits per heavy atom. The molecule has 3 nitrogen and oxygen atoms in total. The number of hydrogen-bond acceptors (Lipinski definition) is 3. The van der Waals surface area contributed by atoms with Crippen molar-refractivity contribution >= 4 is 17.0 Å². The Balaban J connectivity index is 0.00000200. The summed E-state index contributed by atoms with van der Waals surface area (Å²) in [6.45, 7) is 0.924. The van der Waals surface area contributed by atoms with Crippen LogP contribution in [0.3, 0.4) is 0 Å². The van der Waals surface area contributed by atoms with Crippen LogP contribution in [0.5, 0.6) is 5.75 Å². The molecule has 2 rings (SSSR count). The van der Waals surface area contributed by atoms with Gasteiger partial charge >= 0.3 is 0 Å². The molecule has 1 aliphatic carbocycles. The standard InChI is InChI=1S/C16H25NO2.BrH/c1-17(2)12-14-7-4-5-10-16(14,18)13-8-6-9-15(11-13)19-3;/h6,8-9,11,14,18H,4-5,7,10,12H2,1-3H3;1H. The second-order valence-corrected chi connectivity index (χ2v) is 5.86. The van der Waals surface area contributed by atoms with Crippen molar-refractivity contribution < 1.29 is 9.84 Å². The van der Waals surface area contributed by atoms with Gasteiger partial charge in [0.2, 0.25) is 0 Å². The molecule has 2 atom stereocenters. The van der Waals surface area contributed by atoms with Crippen LogP contribution in [-0.4, -0.2) is 37.8 Å². The summed E-state index contributed by atoms with van der Waals surface area (Å²) >= 11 is 0. The third-order valence-corrected chi connectivity index (χ3v) is 4.19. The number of ether oxygens (including phenoxy) is 1. The van der Waals surface area contributed by atoms with Gasteiger partial charge in [-0.25, -0.2) is 0 Å². The topological polar surface area (TPSA) is 32.7 Å². The van der Waals surface area contributed by atoms with Gasteiger partial charge in [0.1, 0.15) is 5.75 Å². The van der Waals surface area contributed by atoms with E-state index in [-0.39, 0.29) is 17.0 Å². The molecule has 20 heavy (non-hydrogen) atoms. The average Bonchev–Trinajstić information content (AvgIpc) is 2.41. The van der Waals surface area contributed by atoms with Crippen molar-refractivity contribution in [2.24, 2.45) is 5.92 Å². The first-order chi connectivity index (χ1) is 9.06. The van der Waals surface area contributed by atoms with Gasteiger partial charge in [0.15, 0.2) is 0 Å². The van der Waals surface area contributed by atoms with E-state index in [0.29, 0.717) is 5.92 Å². The number of halogens is 1. The normalized spacial score (nSPS) is 26.1. The molecule has 1 aliphatic rings. The van der Waals surface area contributed by atoms with Crippen LogP contribution in [0.4, 0.5) is 0 Å². The lowest BCUT2D eigenvalue weighted by atomic mass is 9.71. The maximum absolute atomic E-state index is 11.2. The number of rotatable bonds is 4. The van der Waals surface area contributed by atoms with Crippen LogP contribution in [0.2, 0.25) is 0 Å². The Labute approximate surface area is 132 Å². The predicted octanol–water partition coefficient (Wildman–Crippen LogP) is 3.21. The summed E-state index contributed by atoms with van der Waals surface area (Å²) in [5.74, 6) is 1.11. The van der Waals surface area contributed by atoms with Gasteiger partial charge in [0.05, 0.1) is 12.7 Å². The van der Waals surface area contributed by atoms with E-state index in [1.165, 1.54) is 6.42 Å². The van der Waals surface area contributed by atoms with Gasteiger partial charge < -0.3 is 14.7 Å². The highest BCUT2D eigenvalue weighted by Crippen LogP contribution is 2.42. The molecule has 0 aliphatic heterocycles. The molecule has 0 spiro atoms. The lowest BCUT2D eigenvalue weighted by Crippen LogP contribution is -2.43. The molecule has 1 saturated carbocycles. The summed E-state index contributed by atoms with van der Waals surface area (Å²) < 4.78 is 5.29. The zero-order valence-corrected chi connectivity index (χ0v) is 14.3. The Hall–Kier alpha value is -0.580. The molecule has 0 radical (unpaired) electrons. The molecule has 1 aromatic rings. The highest BCUT2D eigenvalue weighted by molar-refractivity contribution is 8.93. The highest BCUT2D eigenvalue weighted by Gasteiger charge is 2.40. The molecule has 0 aromatic heterocycles. The minimum absolute atomic E-state index is 0. The van der Waals surface area contributed by atoms with Crippen molar-refractivity contribution in [3.05, 3.63) is 29.8 Å². The zero-order chi connectivity index (χ0) is 13.9. The van der Waals surface area contributed by atoms with Crippen molar-refractivity contribution in [3.63, 3.8) is 0 Å². The fourth-order valence-electron chi connectivity index (χ4n) is 3.18. The van der Waals surface area contributed by atoms with E-state index in [9.17, 15) is 5.11 Å². The monoisotopic (exact) mass is 343 g/mol. The highest BCUT2D eigenvalue weighted by atomic mass is 79.9. The second kappa shape index (κ2) is 7.43. The van der Waals surface area contributed by atoms with Crippen LogP contribution in [0.15, 0.2) is 24.3 Å². The number of hydrogen-bond donors (Lipinski definition) is 1. The fourth-order valence-corrected chi connectivity index (χ4v) is 3.18. The molecule has 0 heterocycles. The van der Waals surface area contributed by atoms with Crippen LogP contribution in [0.1, 0.15) is 31.2 Å². The van der Waals surface area contributed by atoms with Crippen molar-refractivity contribution in [2.45, 2.75) is 31.3 Å². The number of methoxy groups -OCH3 is 1. The van der Waals surface area contributed by atoms with Gasteiger partial charge in [0, 0.05) is 12.5 Å². The Bertz CT molecular complexity index is 425. The lowest BCUT2D eigenvalue weighted by Gasteiger charge is -2.41. The first-order valence-corrected chi connectivity index (χ1v) is 7.08. The second-order valence-electron chi connectivity index (χ2n) is 5.86. The van der Waals surface area contributed by atoms with Crippen molar-refractivity contribution in [1.82, 2.24) is 4.90 Å². The summed E-state index contributed by atoms with van der Waals surface area (Å²) in [5.41, 5.74) is 0.287. The molecule has 0 saturated heterocycles. The van der Waals surface area contributed by atoms with Crippen molar-refractivity contribution in [3.8, 4) is 5.75 Å². The average molecular weight is 344 g/mol. The van der Waals surface area contributed by atoms with E-state index < -0.39 is 5.60 Å². The summed E-state index contributed by atoms with van der Waals surface area (Å²) in [6, 6.07) is 7.90. The SMILES string of the molecule is Br.COc1cccc(C2(O)CCCCC2CN(C)C)c1. The molecule has 0 bridgehead atoms. The van der Waals surface area contributed by atoms with Gasteiger partial charge in [-0.1, -0.05) is 25.0 Å². The van der Waals surface area contributed by atoms with Crippen LogP contribution < -0.4 is 4.74 Å². The molecular formula is C16H26BrNO2. The smallest absolute Gasteiger partial charge is 0.119 e. The Morgan fingerprint density at radius 2 is 2.10 bits per heavy atom. The van der Waals surface area contributed by atoms with Gasteiger partial charge in [-0.2, -0.15) is 0 Å². The molecular weight excluding hydrogens is 318 g/mol. The van der Waals surface area contributed by atoms with E-state index in [0.717, 1.165) is 37.1 Å². The van der Waals surface area contributed by atoms with Crippen LogP contribution in [0, 0.1) is 5.92 Å².